The van der Waals surface area contributed by atoms with E-state index in [4.69, 9.17) is 4.65 Å². The van der Waals surface area contributed by atoms with Gasteiger partial charge in [0.25, 0.3) is 0 Å². The summed E-state index contributed by atoms with van der Waals surface area (Å²) in [5, 5.41) is 11.9. The Hall–Kier alpha value is -3.50. The lowest BCUT2D eigenvalue weighted by Crippen LogP contribution is -2.26. The first-order chi connectivity index (χ1) is 16.3. The zero-order chi connectivity index (χ0) is 23.4. The van der Waals surface area contributed by atoms with Gasteiger partial charge in [-0.15, -0.1) is 0 Å². The molecule has 0 radical (unpaired) electrons. The van der Waals surface area contributed by atoms with Crippen molar-refractivity contribution < 1.29 is 9.68 Å². The number of hydrogen-bond donors (Lipinski definition) is 1. The highest BCUT2D eigenvalue weighted by Crippen LogP contribution is 2.53. The second-order valence-electron chi connectivity index (χ2n) is 10.7. The van der Waals surface area contributed by atoms with Crippen molar-refractivity contribution in [2.45, 2.75) is 38.5 Å². The van der Waals surface area contributed by atoms with Crippen molar-refractivity contribution in [3.05, 3.63) is 95.1 Å². The normalized spacial score (nSPS) is 16.3. The van der Waals surface area contributed by atoms with Gasteiger partial charge in [-0.1, -0.05) is 70.2 Å². The predicted molar refractivity (Wildman–Crippen MR) is 140 cm³/mol. The van der Waals surface area contributed by atoms with E-state index in [9.17, 15) is 5.02 Å². The Morgan fingerprint density at radius 1 is 0.706 bits per heavy atom. The molecule has 0 saturated carbocycles. The number of aromatic nitrogens is 1. The van der Waals surface area contributed by atoms with E-state index >= 15 is 0 Å². The Bertz CT molecular complexity index is 1680. The highest BCUT2D eigenvalue weighted by Gasteiger charge is 2.39. The largest absolute Gasteiger partial charge is 0.539 e. The minimum atomic E-state index is -0.335. The summed E-state index contributed by atoms with van der Waals surface area (Å²) in [7, 11) is -0.335. The topological polar surface area (TPSA) is 34.4 Å². The first-order valence-corrected chi connectivity index (χ1v) is 11.9. The standard InChI is InChI=1S/C30H26BNO2/c1-29(2)22-10-6-5-9-18(22)19-16-27-20(15-24(19)29)21-13-17(34-31-33)14-25-28(21)32(27)26-12-8-7-11-23(26)30(25,3)4/h5-16,31,33H,1-4H3. The number of fused-ring (bicyclic) bond motifs is 8. The van der Waals surface area contributed by atoms with Crippen molar-refractivity contribution in [3.8, 4) is 22.6 Å². The molecule has 166 valence electrons. The molecule has 4 aromatic carbocycles. The molecule has 0 atom stereocenters. The van der Waals surface area contributed by atoms with Crippen molar-refractivity contribution in [2.24, 2.45) is 0 Å². The van der Waals surface area contributed by atoms with Crippen molar-refractivity contribution in [1.29, 1.82) is 0 Å². The molecule has 3 nitrogen and oxygen atoms in total. The molecule has 0 unspecified atom stereocenters. The van der Waals surface area contributed by atoms with Crippen LogP contribution in [0, 0.1) is 0 Å². The van der Waals surface area contributed by atoms with Gasteiger partial charge < -0.3 is 14.2 Å². The van der Waals surface area contributed by atoms with E-state index < -0.39 is 0 Å². The van der Waals surface area contributed by atoms with E-state index in [0.717, 1.165) is 0 Å². The molecule has 0 bridgehead atoms. The molecule has 1 aliphatic carbocycles. The van der Waals surface area contributed by atoms with Gasteiger partial charge in [-0.05, 0) is 63.7 Å². The van der Waals surface area contributed by atoms with Gasteiger partial charge in [-0.2, -0.15) is 0 Å². The van der Waals surface area contributed by atoms with Crippen molar-refractivity contribution >= 4 is 29.5 Å². The maximum atomic E-state index is 9.54. The highest BCUT2D eigenvalue weighted by molar-refractivity contribution is 6.18. The number of para-hydroxylation sites is 1. The summed E-state index contributed by atoms with van der Waals surface area (Å²) in [4.78, 5) is 0. The van der Waals surface area contributed by atoms with Crippen LogP contribution < -0.4 is 4.65 Å². The number of benzene rings is 4. The summed E-state index contributed by atoms with van der Waals surface area (Å²) in [5.41, 5.74) is 11.4. The van der Waals surface area contributed by atoms with E-state index in [1.54, 1.807) is 0 Å². The van der Waals surface area contributed by atoms with E-state index in [2.05, 4.69) is 105 Å². The second kappa shape index (κ2) is 6.34. The number of hydrogen-bond acceptors (Lipinski definition) is 2. The Labute approximate surface area is 199 Å². The van der Waals surface area contributed by atoms with Crippen molar-refractivity contribution in [2.75, 3.05) is 0 Å². The van der Waals surface area contributed by atoms with Crippen molar-refractivity contribution in [3.63, 3.8) is 0 Å². The molecule has 0 fully saturated rings. The summed E-state index contributed by atoms with van der Waals surface area (Å²) in [5.74, 6) is 0.708. The summed E-state index contributed by atoms with van der Waals surface area (Å²) in [6, 6.07) is 26.5. The van der Waals surface area contributed by atoms with Gasteiger partial charge in [0.1, 0.15) is 5.75 Å². The number of nitrogens with zero attached hydrogens (tertiary/aromatic N) is 1. The molecule has 4 heteroatoms. The fourth-order valence-electron chi connectivity index (χ4n) is 6.54. The van der Waals surface area contributed by atoms with Crippen LogP contribution in [-0.4, -0.2) is 17.3 Å². The van der Waals surface area contributed by atoms with Crippen LogP contribution in [0.1, 0.15) is 49.9 Å². The third kappa shape index (κ3) is 2.27. The molecule has 5 aromatic rings. The first-order valence-electron chi connectivity index (χ1n) is 11.9. The molecule has 0 amide bonds. The Morgan fingerprint density at radius 3 is 2.21 bits per heavy atom. The lowest BCUT2D eigenvalue weighted by Gasteiger charge is -2.35. The summed E-state index contributed by atoms with van der Waals surface area (Å²) >= 11 is 0. The average Bonchev–Trinajstić information content (AvgIpc) is 3.26. The van der Waals surface area contributed by atoms with Gasteiger partial charge in [0.15, 0.2) is 0 Å². The molecule has 1 aliphatic heterocycles. The summed E-state index contributed by atoms with van der Waals surface area (Å²) in [6.45, 7) is 9.21. The van der Waals surface area contributed by atoms with E-state index in [1.807, 2.05) is 0 Å². The van der Waals surface area contributed by atoms with Gasteiger partial charge in [0, 0.05) is 21.6 Å². The quantitative estimate of drug-likeness (QED) is 0.322. The lowest BCUT2D eigenvalue weighted by atomic mass is 9.74. The smallest absolute Gasteiger partial charge is 0.504 e. The Balaban J connectivity index is 1.70. The highest BCUT2D eigenvalue weighted by atomic mass is 16.5. The van der Waals surface area contributed by atoms with E-state index in [0.29, 0.717) is 5.75 Å². The fourth-order valence-corrected chi connectivity index (χ4v) is 6.54. The molecular weight excluding hydrogens is 417 g/mol. The van der Waals surface area contributed by atoms with Gasteiger partial charge >= 0.3 is 7.69 Å². The van der Waals surface area contributed by atoms with Gasteiger partial charge in [-0.25, -0.2) is 0 Å². The molecule has 1 aromatic heterocycles. The van der Waals surface area contributed by atoms with Crippen LogP contribution in [0.2, 0.25) is 0 Å². The molecule has 0 spiro atoms. The maximum absolute atomic E-state index is 9.54. The van der Waals surface area contributed by atoms with Crippen LogP contribution in [0.4, 0.5) is 0 Å². The van der Waals surface area contributed by atoms with E-state index in [1.165, 1.54) is 60.9 Å². The van der Waals surface area contributed by atoms with Crippen LogP contribution >= 0.6 is 0 Å². The lowest BCUT2D eigenvalue weighted by molar-refractivity contribution is 0.453. The van der Waals surface area contributed by atoms with Crippen LogP contribution in [-0.2, 0) is 10.8 Å². The summed E-state index contributed by atoms with van der Waals surface area (Å²) in [6.07, 6.45) is 0. The molecule has 2 heterocycles. The van der Waals surface area contributed by atoms with Gasteiger partial charge in [-0.3, -0.25) is 0 Å². The average molecular weight is 443 g/mol. The Kier molecular flexibility index (Phi) is 3.71. The maximum Gasteiger partial charge on any atom is 0.504 e. The molecular formula is C30H26BNO2. The predicted octanol–water partition coefficient (Wildman–Crippen LogP) is 6.37. The number of rotatable bonds is 2. The Morgan fingerprint density at radius 2 is 1.41 bits per heavy atom. The molecule has 0 saturated heterocycles. The van der Waals surface area contributed by atoms with Crippen LogP contribution in [0.3, 0.4) is 0 Å². The minimum absolute atomic E-state index is 0.0616. The SMILES string of the molecule is CC1(C)c2ccccc2-c2cc3c(cc21)c1cc(OBO)cc2c1n3-c1ccccc1C2(C)C. The fraction of sp³-hybridized carbons (Fsp3) is 0.200. The van der Waals surface area contributed by atoms with Gasteiger partial charge in [0.2, 0.25) is 0 Å². The molecule has 7 rings (SSSR count). The first kappa shape index (κ1) is 19.9. The molecule has 1 N–H and O–H groups in total. The molecule has 34 heavy (non-hydrogen) atoms. The van der Waals surface area contributed by atoms with Crippen LogP contribution in [0.5, 0.6) is 5.75 Å². The zero-order valence-corrected chi connectivity index (χ0v) is 19.9. The summed E-state index contributed by atoms with van der Waals surface area (Å²) < 4.78 is 8.09. The third-order valence-electron chi connectivity index (χ3n) is 8.26. The zero-order valence-electron chi connectivity index (χ0n) is 19.9. The molecule has 2 aliphatic rings. The van der Waals surface area contributed by atoms with Crippen molar-refractivity contribution in [1.82, 2.24) is 4.57 Å². The van der Waals surface area contributed by atoms with Crippen LogP contribution in [0.25, 0.3) is 38.6 Å². The minimum Gasteiger partial charge on any atom is -0.539 e. The third-order valence-corrected chi connectivity index (χ3v) is 8.26. The van der Waals surface area contributed by atoms with E-state index in [-0.39, 0.29) is 18.5 Å². The van der Waals surface area contributed by atoms with Gasteiger partial charge in [0.05, 0.1) is 16.7 Å². The second-order valence-corrected chi connectivity index (χ2v) is 10.7. The monoisotopic (exact) mass is 443 g/mol. The van der Waals surface area contributed by atoms with Crippen LogP contribution in [0.15, 0.2) is 72.8 Å².